The molecular weight excluding hydrogens is 343 g/mol. The highest BCUT2D eigenvalue weighted by Crippen LogP contribution is 2.31. The summed E-state index contributed by atoms with van der Waals surface area (Å²) in [6, 6.07) is 7.38. The molecule has 0 aliphatic rings. The van der Waals surface area contributed by atoms with Gasteiger partial charge in [-0.25, -0.2) is 4.98 Å². The molecule has 1 aromatic heterocycles. The first-order valence-corrected chi connectivity index (χ1v) is 6.08. The molecule has 0 fully saturated rings. The standard InChI is InChI=1S/C9H5IN2O3S/c10-6-2-1-3-7(4-6)15-9-11-5-8(16-9)12(13)14/h1-5H. The molecule has 0 saturated heterocycles. The van der Waals surface area contributed by atoms with Crippen LogP contribution in [-0.2, 0) is 0 Å². The molecule has 0 N–H and O–H groups in total. The second kappa shape index (κ2) is 4.74. The molecule has 7 heteroatoms. The molecule has 2 rings (SSSR count). The summed E-state index contributed by atoms with van der Waals surface area (Å²) in [5, 5.41) is 10.7. The van der Waals surface area contributed by atoms with Crippen molar-refractivity contribution in [3.63, 3.8) is 0 Å². The molecule has 1 heterocycles. The van der Waals surface area contributed by atoms with E-state index in [9.17, 15) is 10.1 Å². The molecule has 0 saturated carbocycles. The first-order chi connectivity index (χ1) is 7.65. The predicted molar refractivity (Wildman–Crippen MR) is 68.0 cm³/mol. The van der Waals surface area contributed by atoms with Crippen molar-refractivity contribution in [1.29, 1.82) is 0 Å². The van der Waals surface area contributed by atoms with E-state index in [2.05, 4.69) is 27.6 Å². The second-order valence-electron chi connectivity index (χ2n) is 2.78. The van der Waals surface area contributed by atoms with Crippen LogP contribution in [0.3, 0.4) is 0 Å². The van der Waals surface area contributed by atoms with E-state index in [1.807, 2.05) is 18.2 Å². The smallest absolute Gasteiger partial charge is 0.347 e. The average Bonchev–Trinajstić information content (AvgIpc) is 2.66. The summed E-state index contributed by atoms with van der Waals surface area (Å²) in [5.74, 6) is 0.621. The lowest BCUT2D eigenvalue weighted by Gasteiger charge is -2.00. The Hall–Kier alpha value is -1.22. The molecular formula is C9H5IN2O3S. The van der Waals surface area contributed by atoms with Gasteiger partial charge in [-0.2, -0.15) is 0 Å². The number of benzene rings is 1. The minimum Gasteiger partial charge on any atom is -0.431 e. The maximum Gasteiger partial charge on any atom is 0.347 e. The monoisotopic (exact) mass is 348 g/mol. The third-order valence-corrected chi connectivity index (χ3v) is 3.15. The molecule has 0 bridgehead atoms. The Morgan fingerprint density at radius 2 is 2.31 bits per heavy atom. The first kappa shape index (κ1) is 11.3. The summed E-state index contributed by atoms with van der Waals surface area (Å²) in [6.45, 7) is 0. The van der Waals surface area contributed by atoms with Crippen LogP contribution < -0.4 is 4.74 Å². The topological polar surface area (TPSA) is 65.3 Å². The van der Waals surface area contributed by atoms with Gasteiger partial charge >= 0.3 is 5.00 Å². The fraction of sp³-hybridized carbons (Fsp3) is 0. The van der Waals surface area contributed by atoms with E-state index in [0.717, 1.165) is 14.9 Å². The van der Waals surface area contributed by atoms with Crippen molar-refractivity contribution in [2.45, 2.75) is 0 Å². The molecule has 5 nitrogen and oxygen atoms in total. The molecule has 1 aromatic carbocycles. The highest BCUT2D eigenvalue weighted by molar-refractivity contribution is 14.1. The van der Waals surface area contributed by atoms with Crippen molar-refractivity contribution >= 4 is 38.9 Å². The van der Waals surface area contributed by atoms with Gasteiger partial charge in [0.1, 0.15) is 11.9 Å². The van der Waals surface area contributed by atoms with E-state index in [1.165, 1.54) is 6.20 Å². The van der Waals surface area contributed by atoms with E-state index in [0.29, 0.717) is 5.75 Å². The number of hydrogen-bond acceptors (Lipinski definition) is 5. The van der Waals surface area contributed by atoms with Gasteiger partial charge in [-0.3, -0.25) is 10.1 Å². The van der Waals surface area contributed by atoms with Crippen molar-refractivity contribution in [1.82, 2.24) is 4.98 Å². The van der Waals surface area contributed by atoms with Crippen LogP contribution >= 0.6 is 33.9 Å². The summed E-state index contributed by atoms with van der Waals surface area (Å²) in [5.41, 5.74) is 0. The number of ether oxygens (including phenoxy) is 1. The van der Waals surface area contributed by atoms with Crippen LogP contribution in [0.1, 0.15) is 0 Å². The number of rotatable bonds is 3. The summed E-state index contributed by atoms with van der Waals surface area (Å²) < 4.78 is 6.42. The lowest BCUT2D eigenvalue weighted by atomic mass is 10.3. The lowest BCUT2D eigenvalue weighted by molar-refractivity contribution is -0.380. The molecule has 0 aliphatic carbocycles. The Morgan fingerprint density at radius 1 is 1.50 bits per heavy atom. The van der Waals surface area contributed by atoms with E-state index < -0.39 is 4.92 Å². The van der Waals surface area contributed by atoms with Gasteiger partial charge in [0.15, 0.2) is 0 Å². The molecule has 2 aromatic rings. The van der Waals surface area contributed by atoms with Crippen LogP contribution in [0.5, 0.6) is 10.9 Å². The Balaban J connectivity index is 2.17. The maximum atomic E-state index is 10.4. The largest absolute Gasteiger partial charge is 0.431 e. The zero-order valence-electron chi connectivity index (χ0n) is 7.79. The molecule has 0 atom stereocenters. The van der Waals surface area contributed by atoms with Crippen LogP contribution in [0.2, 0.25) is 0 Å². The number of thiazole rings is 1. The van der Waals surface area contributed by atoms with Gasteiger partial charge in [0.2, 0.25) is 0 Å². The minimum atomic E-state index is -0.487. The molecule has 0 amide bonds. The Labute approximate surface area is 108 Å². The van der Waals surface area contributed by atoms with Crippen molar-refractivity contribution in [2.75, 3.05) is 0 Å². The zero-order valence-corrected chi connectivity index (χ0v) is 10.8. The summed E-state index contributed by atoms with van der Waals surface area (Å²) >= 11 is 3.07. The fourth-order valence-electron chi connectivity index (χ4n) is 1.01. The highest BCUT2D eigenvalue weighted by Gasteiger charge is 2.12. The number of hydrogen-bond donors (Lipinski definition) is 0. The van der Waals surface area contributed by atoms with Gasteiger partial charge in [-0.1, -0.05) is 6.07 Å². The van der Waals surface area contributed by atoms with Crippen LogP contribution in [0.4, 0.5) is 5.00 Å². The second-order valence-corrected chi connectivity index (χ2v) is 5.00. The van der Waals surface area contributed by atoms with Crippen molar-refractivity contribution < 1.29 is 9.66 Å². The Kier molecular flexibility index (Phi) is 3.34. The highest BCUT2D eigenvalue weighted by atomic mass is 127. The quantitative estimate of drug-likeness (QED) is 0.484. The summed E-state index contributed by atoms with van der Waals surface area (Å²) in [6.07, 6.45) is 1.19. The SMILES string of the molecule is O=[N+]([O-])c1cnc(Oc2cccc(I)c2)s1. The van der Waals surface area contributed by atoms with E-state index in [-0.39, 0.29) is 10.2 Å². The van der Waals surface area contributed by atoms with E-state index >= 15 is 0 Å². The van der Waals surface area contributed by atoms with Gasteiger partial charge < -0.3 is 4.74 Å². The van der Waals surface area contributed by atoms with Gasteiger partial charge in [0.05, 0.1) is 4.92 Å². The van der Waals surface area contributed by atoms with Crippen molar-refractivity contribution in [3.8, 4) is 10.9 Å². The van der Waals surface area contributed by atoms with Crippen LogP contribution in [0.25, 0.3) is 0 Å². The number of aromatic nitrogens is 1. The average molecular weight is 348 g/mol. The summed E-state index contributed by atoms with van der Waals surface area (Å²) in [7, 11) is 0. The van der Waals surface area contributed by atoms with Crippen LogP contribution in [-0.4, -0.2) is 9.91 Å². The minimum absolute atomic E-state index is 0.0272. The predicted octanol–water partition coefficient (Wildman–Crippen LogP) is 3.45. The molecule has 0 unspecified atom stereocenters. The molecule has 82 valence electrons. The van der Waals surface area contributed by atoms with Gasteiger partial charge in [-0.15, -0.1) is 0 Å². The molecule has 16 heavy (non-hydrogen) atoms. The Morgan fingerprint density at radius 3 is 2.94 bits per heavy atom. The lowest BCUT2D eigenvalue weighted by Crippen LogP contribution is -1.82. The molecule has 0 spiro atoms. The first-order valence-electron chi connectivity index (χ1n) is 4.19. The van der Waals surface area contributed by atoms with Gasteiger partial charge in [-0.05, 0) is 52.1 Å². The summed E-state index contributed by atoms with van der Waals surface area (Å²) in [4.78, 5) is 13.8. The zero-order chi connectivity index (χ0) is 11.5. The van der Waals surface area contributed by atoms with Crippen molar-refractivity contribution in [3.05, 3.63) is 44.1 Å². The molecule has 0 radical (unpaired) electrons. The number of nitrogens with zero attached hydrogens (tertiary/aromatic N) is 2. The van der Waals surface area contributed by atoms with Crippen LogP contribution in [0.15, 0.2) is 30.5 Å². The third-order valence-electron chi connectivity index (χ3n) is 1.65. The number of nitro groups is 1. The Bertz CT molecular complexity index is 529. The fourth-order valence-corrected chi connectivity index (χ4v) is 2.13. The molecule has 0 aliphatic heterocycles. The van der Waals surface area contributed by atoms with Gasteiger partial charge in [0, 0.05) is 3.57 Å². The number of halogens is 1. The van der Waals surface area contributed by atoms with Crippen molar-refractivity contribution in [2.24, 2.45) is 0 Å². The third kappa shape index (κ3) is 2.67. The van der Waals surface area contributed by atoms with Gasteiger partial charge in [0.25, 0.3) is 5.19 Å². The van der Waals surface area contributed by atoms with E-state index in [1.54, 1.807) is 6.07 Å². The van der Waals surface area contributed by atoms with Crippen LogP contribution in [0, 0.1) is 13.7 Å². The normalized spacial score (nSPS) is 10.1. The van der Waals surface area contributed by atoms with E-state index in [4.69, 9.17) is 4.74 Å². The maximum absolute atomic E-state index is 10.4.